The number of hydrogen-bond donors (Lipinski definition) is 1. The van der Waals surface area contributed by atoms with E-state index in [1.165, 1.54) is 19.1 Å². The zero-order chi connectivity index (χ0) is 23.4. The van der Waals surface area contributed by atoms with Crippen molar-refractivity contribution in [2.24, 2.45) is 5.92 Å². The van der Waals surface area contributed by atoms with Crippen molar-refractivity contribution in [2.75, 3.05) is 33.0 Å². The van der Waals surface area contributed by atoms with Crippen LogP contribution in [0.4, 0.5) is 4.79 Å². The Hall–Kier alpha value is -2.63. The van der Waals surface area contributed by atoms with Crippen LogP contribution in [0.1, 0.15) is 24.0 Å². The molecule has 0 bridgehead atoms. The molecule has 0 aliphatic carbocycles. The summed E-state index contributed by atoms with van der Waals surface area (Å²) < 4.78 is 22.8. The zero-order valence-corrected chi connectivity index (χ0v) is 19.6. The van der Waals surface area contributed by atoms with Gasteiger partial charge in [0.15, 0.2) is 0 Å². The second-order valence-electron chi connectivity index (χ2n) is 7.81. The van der Waals surface area contributed by atoms with Crippen molar-refractivity contribution in [3.05, 3.63) is 71.8 Å². The predicted octanol–water partition coefficient (Wildman–Crippen LogP) is 4.34. The number of esters is 1. The summed E-state index contributed by atoms with van der Waals surface area (Å²) in [6, 6.07) is 19.1. The van der Waals surface area contributed by atoms with Crippen LogP contribution < -0.4 is 0 Å². The van der Waals surface area contributed by atoms with Crippen LogP contribution in [0.3, 0.4) is 0 Å². The van der Waals surface area contributed by atoms with E-state index in [1.54, 1.807) is 0 Å². The summed E-state index contributed by atoms with van der Waals surface area (Å²) in [5, 5.41) is 0. The summed E-state index contributed by atoms with van der Waals surface area (Å²) in [6.07, 6.45) is 1.09. The first kappa shape index (κ1) is 25.6. The molecule has 0 saturated heterocycles. The molecule has 7 nitrogen and oxygen atoms in total. The number of nitrogens with zero attached hydrogens (tertiary/aromatic N) is 1. The van der Waals surface area contributed by atoms with Gasteiger partial charge in [0.2, 0.25) is 7.37 Å². The third kappa shape index (κ3) is 9.25. The first-order valence-corrected chi connectivity index (χ1v) is 12.7. The number of carbonyl (C=O) groups is 2. The summed E-state index contributed by atoms with van der Waals surface area (Å²) in [6.45, 7) is 0.186. The fourth-order valence-corrected chi connectivity index (χ4v) is 5.13. The molecule has 174 valence electrons. The van der Waals surface area contributed by atoms with E-state index in [9.17, 15) is 19.0 Å². The largest absolute Gasteiger partial charge is 0.469 e. The van der Waals surface area contributed by atoms with E-state index in [4.69, 9.17) is 9.47 Å². The summed E-state index contributed by atoms with van der Waals surface area (Å²) in [4.78, 5) is 36.0. The van der Waals surface area contributed by atoms with E-state index in [-0.39, 0.29) is 25.5 Å². The molecule has 2 atom stereocenters. The molecule has 8 heteroatoms. The van der Waals surface area contributed by atoms with Crippen molar-refractivity contribution < 1.29 is 28.5 Å². The Bertz CT molecular complexity index is 890. The normalized spacial score (nSPS) is 13.6. The minimum Gasteiger partial charge on any atom is -0.469 e. The Kier molecular flexibility index (Phi) is 10.4. The van der Waals surface area contributed by atoms with Gasteiger partial charge < -0.3 is 19.3 Å². The molecule has 2 rings (SSSR count). The van der Waals surface area contributed by atoms with Gasteiger partial charge in [-0.15, -0.1) is 0 Å². The number of amides is 1. The highest BCUT2D eigenvalue weighted by Gasteiger charge is 2.30. The third-order valence-electron chi connectivity index (χ3n) is 5.20. The molecule has 0 aliphatic rings. The van der Waals surface area contributed by atoms with E-state index in [1.807, 2.05) is 60.7 Å². The zero-order valence-electron chi connectivity index (χ0n) is 18.7. The third-order valence-corrected chi connectivity index (χ3v) is 7.11. The first-order chi connectivity index (χ1) is 15.3. The van der Waals surface area contributed by atoms with Gasteiger partial charge in [0, 0.05) is 25.9 Å². The molecule has 0 heterocycles. The summed E-state index contributed by atoms with van der Waals surface area (Å²) >= 11 is 0. The van der Waals surface area contributed by atoms with E-state index in [0.717, 1.165) is 17.5 Å². The lowest BCUT2D eigenvalue weighted by Crippen LogP contribution is -2.31. The van der Waals surface area contributed by atoms with Crippen LogP contribution in [-0.4, -0.2) is 54.9 Å². The van der Waals surface area contributed by atoms with Gasteiger partial charge in [0.05, 0.1) is 13.0 Å². The van der Waals surface area contributed by atoms with Crippen LogP contribution in [0.5, 0.6) is 0 Å². The molecule has 1 amide bonds. The van der Waals surface area contributed by atoms with E-state index in [0.29, 0.717) is 12.8 Å². The van der Waals surface area contributed by atoms with Gasteiger partial charge in [-0.25, -0.2) is 4.79 Å². The second-order valence-corrected chi connectivity index (χ2v) is 10.3. The molecule has 0 aromatic heterocycles. The minimum atomic E-state index is -3.65. The van der Waals surface area contributed by atoms with Gasteiger partial charge in [-0.2, -0.15) is 0 Å². The molecule has 2 unspecified atom stereocenters. The average Bonchev–Trinajstić information content (AvgIpc) is 2.81. The number of ether oxygens (including phenoxy) is 2. The van der Waals surface area contributed by atoms with Crippen LogP contribution in [-0.2, 0) is 31.9 Å². The Morgan fingerprint density at radius 1 is 1.03 bits per heavy atom. The van der Waals surface area contributed by atoms with Crippen molar-refractivity contribution in [2.45, 2.75) is 25.9 Å². The van der Waals surface area contributed by atoms with Gasteiger partial charge >= 0.3 is 12.1 Å². The molecule has 1 N–H and O–H groups in total. The van der Waals surface area contributed by atoms with E-state index < -0.39 is 25.3 Å². The molecule has 0 radical (unpaired) electrons. The summed E-state index contributed by atoms with van der Waals surface area (Å²) in [5.41, 5.74) is 2.01. The van der Waals surface area contributed by atoms with Crippen molar-refractivity contribution in [3.8, 4) is 0 Å². The summed E-state index contributed by atoms with van der Waals surface area (Å²) in [7, 11) is -0.847. The predicted molar refractivity (Wildman–Crippen MR) is 124 cm³/mol. The molecule has 32 heavy (non-hydrogen) atoms. The van der Waals surface area contributed by atoms with E-state index >= 15 is 0 Å². The molecule has 0 spiro atoms. The highest BCUT2D eigenvalue weighted by molar-refractivity contribution is 7.58. The number of rotatable bonds is 12. The Morgan fingerprint density at radius 3 is 2.22 bits per heavy atom. The van der Waals surface area contributed by atoms with Gasteiger partial charge in [-0.3, -0.25) is 9.36 Å². The standard InChI is InChI=1S/C24H32NO6P/c1-25(24(27)31-18-21-12-7-4-8-13-21)16-17-32(28,29)19-22(23(26)30-2)15-9-14-20-10-5-3-6-11-20/h3-8,10-13,22H,9,14-19H2,1-2H3,(H,28,29). The minimum absolute atomic E-state index is 0.0549. The smallest absolute Gasteiger partial charge is 0.409 e. The van der Waals surface area contributed by atoms with Crippen LogP contribution in [0, 0.1) is 5.92 Å². The van der Waals surface area contributed by atoms with Crippen LogP contribution >= 0.6 is 7.37 Å². The number of methoxy groups -OCH3 is 1. The highest BCUT2D eigenvalue weighted by atomic mass is 31.2. The molecule has 2 aromatic carbocycles. The second kappa shape index (κ2) is 13.0. The van der Waals surface area contributed by atoms with Gasteiger partial charge in [-0.1, -0.05) is 60.7 Å². The van der Waals surface area contributed by atoms with Gasteiger partial charge in [0.1, 0.15) is 6.61 Å². The fraction of sp³-hybridized carbons (Fsp3) is 0.417. The summed E-state index contributed by atoms with van der Waals surface area (Å²) in [5.74, 6) is -1.14. The lowest BCUT2D eigenvalue weighted by Gasteiger charge is -2.22. The first-order valence-electron chi connectivity index (χ1n) is 10.6. The van der Waals surface area contributed by atoms with Crippen LogP contribution in [0.25, 0.3) is 0 Å². The molecule has 0 fully saturated rings. The SMILES string of the molecule is COC(=O)C(CCCc1ccccc1)CP(=O)(O)CCN(C)C(=O)OCc1ccccc1. The Labute approximate surface area is 189 Å². The monoisotopic (exact) mass is 461 g/mol. The van der Waals surface area contributed by atoms with Gasteiger partial charge in [-0.05, 0) is 30.4 Å². The quantitative estimate of drug-likeness (QED) is 0.373. The fourth-order valence-electron chi connectivity index (χ4n) is 3.31. The van der Waals surface area contributed by atoms with Crippen molar-refractivity contribution >= 4 is 19.4 Å². The van der Waals surface area contributed by atoms with Crippen molar-refractivity contribution in [1.82, 2.24) is 4.90 Å². The lowest BCUT2D eigenvalue weighted by atomic mass is 10.0. The van der Waals surface area contributed by atoms with Crippen LogP contribution in [0.2, 0.25) is 0 Å². The number of aryl methyl sites for hydroxylation is 1. The molecule has 2 aromatic rings. The Morgan fingerprint density at radius 2 is 1.62 bits per heavy atom. The molecule has 0 saturated carbocycles. The van der Waals surface area contributed by atoms with Crippen molar-refractivity contribution in [3.63, 3.8) is 0 Å². The number of benzene rings is 2. The number of carbonyl (C=O) groups excluding carboxylic acids is 2. The molecular weight excluding hydrogens is 429 g/mol. The lowest BCUT2D eigenvalue weighted by molar-refractivity contribution is -0.145. The van der Waals surface area contributed by atoms with Crippen molar-refractivity contribution in [1.29, 1.82) is 0 Å². The highest BCUT2D eigenvalue weighted by Crippen LogP contribution is 2.43. The number of hydrogen-bond acceptors (Lipinski definition) is 5. The van der Waals surface area contributed by atoms with E-state index in [2.05, 4.69) is 0 Å². The Balaban J connectivity index is 1.81. The average molecular weight is 461 g/mol. The molecule has 0 aliphatic heterocycles. The molecular formula is C24H32NO6P. The maximum Gasteiger partial charge on any atom is 0.409 e. The maximum absolute atomic E-state index is 12.8. The topological polar surface area (TPSA) is 93.1 Å². The maximum atomic E-state index is 12.8. The van der Waals surface area contributed by atoms with Gasteiger partial charge in [0.25, 0.3) is 0 Å². The van der Waals surface area contributed by atoms with Crippen LogP contribution in [0.15, 0.2) is 60.7 Å².